The quantitative estimate of drug-likeness (QED) is 0.202. The van der Waals surface area contributed by atoms with Gasteiger partial charge >= 0.3 is 11.9 Å². The van der Waals surface area contributed by atoms with Crippen molar-refractivity contribution in [3.05, 3.63) is 95.1 Å². The highest BCUT2D eigenvalue weighted by Gasteiger charge is 2.24. The van der Waals surface area contributed by atoms with E-state index >= 15 is 0 Å². The molecule has 45 heavy (non-hydrogen) atoms. The Labute approximate surface area is 267 Å². The fourth-order valence-corrected chi connectivity index (χ4v) is 4.67. The van der Waals surface area contributed by atoms with Gasteiger partial charge in [-0.25, -0.2) is 9.59 Å². The molecule has 0 amide bonds. The summed E-state index contributed by atoms with van der Waals surface area (Å²) in [5.74, 6) is 0.0858. The van der Waals surface area contributed by atoms with Gasteiger partial charge < -0.3 is 29.2 Å². The summed E-state index contributed by atoms with van der Waals surface area (Å²) in [5.41, 5.74) is 1.68. The number of benzene rings is 3. The van der Waals surface area contributed by atoms with E-state index < -0.39 is 29.7 Å². The summed E-state index contributed by atoms with van der Waals surface area (Å²) in [6, 6.07) is 21.6. The number of aliphatic hydroxyl groups excluding tert-OH is 2. The summed E-state index contributed by atoms with van der Waals surface area (Å²) in [6.45, 7) is 15.8. The van der Waals surface area contributed by atoms with Crippen LogP contribution in [0.4, 0.5) is 0 Å². The second kappa shape index (κ2) is 14.9. The molecule has 3 aromatic carbocycles. The standard InChI is InChI=1S/C37H48O8/c1-35(2,3)21-29(38)22-42-31-16-12-27(13-17-31)37(7,8)28-14-18-32(19-15-28)43-23-30(39)24-44-33(40)25-10-9-11-26(20-25)34(41)45-36(4,5)6/h9-20,29-30,38-39H,21-24H2,1-8H3. The average molecular weight is 621 g/mol. The molecule has 0 spiro atoms. The number of carbonyl (C=O) groups excluding carboxylic acids is 2. The molecule has 0 radical (unpaired) electrons. The Balaban J connectivity index is 1.48. The van der Waals surface area contributed by atoms with Crippen molar-refractivity contribution in [3.63, 3.8) is 0 Å². The van der Waals surface area contributed by atoms with E-state index in [2.05, 4.69) is 34.6 Å². The lowest BCUT2D eigenvalue weighted by Crippen LogP contribution is -2.26. The molecule has 0 aliphatic heterocycles. The summed E-state index contributed by atoms with van der Waals surface area (Å²) in [5, 5.41) is 20.6. The van der Waals surface area contributed by atoms with Gasteiger partial charge in [0, 0.05) is 5.41 Å². The van der Waals surface area contributed by atoms with Gasteiger partial charge in [0.25, 0.3) is 0 Å². The highest BCUT2D eigenvalue weighted by atomic mass is 16.6. The molecular weight excluding hydrogens is 572 g/mol. The highest BCUT2D eigenvalue weighted by molar-refractivity contribution is 5.95. The van der Waals surface area contributed by atoms with Crippen LogP contribution in [0.25, 0.3) is 0 Å². The van der Waals surface area contributed by atoms with E-state index in [-0.39, 0.29) is 41.8 Å². The van der Waals surface area contributed by atoms with E-state index in [1.54, 1.807) is 32.9 Å². The maximum atomic E-state index is 12.5. The first-order valence-corrected chi connectivity index (χ1v) is 15.3. The van der Waals surface area contributed by atoms with E-state index in [0.717, 1.165) is 11.1 Å². The number of carbonyl (C=O) groups is 2. The van der Waals surface area contributed by atoms with Gasteiger partial charge in [-0.3, -0.25) is 0 Å². The number of hydrogen-bond donors (Lipinski definition) is 2. The zero-order valence-corrected chi connectivity index (χ0v) is 27.8. The number of esters is 2. The second-order valence-electron chi connectivity index (χ2n) is 14.0. The highest BCUT2D eigenvalue weighted by Crippen LogP contribution is 2.33. The van der Waals surface area contributed by atoms with Crippen LogP contribution in [0.3, 0.4) is 0 Å². The molecule has 0 aliphatic carbocycles. The Kier molecular flexibility index (Phi) is 11.8. The van der Waals surface area contributed by atoms with Gasteiger partial charge in [-0.05, 0) is 86.2 Å². The number of rotatable bonds is 13. The summed E-state index contributed by atoms with van der Waals surface area (Å²) < 4.78 is 22.1. The van der Waals surface area contributed by atoms with Crippen LogP contribution >= 0.6 is 0 Å². The molecule has 3 rings (SSSR count). The Bertz CT molecular complexity index is 1400. The zero-order valence-electron chi connectivity index (χ0n) is 27.8. The molecular formula is C37H48O8. The van der Waals surface area contributed by atoms with Crippen molar-refractivity contribution in [2.75, 3.05) is 19.8 Å². The minimum Gasteiger partial charge on any atom is -0.491 e. The topological polar surface area (TPSA) is 112 Å². The summed E-state index contributed by atoms with van der Waals surface area (Å²) in [6.07, 6.45) is -0.903. The Morgan fingerprint density at radius 2 is 1.11 bits per heavy atom. The van der Waals surface area contributed by atoms with Crippen LogP contribution in [0, 0.1) is 5.41 Å². The van der Waals surface area contributed by atoms with Crippen molar-refractivity contribution in [2.45, 2.75) is 85.0 Å². The molecule has 2 N–H and O–H groups in total. The van der Waals surface area contributed by atoms with Crippen molar-refractivity contribution in [2.24, 2.45) is 5.41 Å². The van der Waals surface area contributed by atoms with Gasteiger partial charge in [-0.1, -0.05) is 65.0 Å². The number of aliphatic hydroxyl groups is 2. The minimum absolute atomic E-state index is 0.0340. The average Bonchev–Trinajstić information content (AvgIpc) is 2.96. The zero-order chi connectivity index (χ0) is 33.4. The van der Waals surface area contributed by atoms with E-state index in [0.29, 0.717) is 17.9 Å². The van der Waals surface area contributed by atoms with Gasteiger partial charge in [0.1, 0.15) is 43.0 Å². The van der Waals surface area contributed by atoms with Gasteiger partial charge in [-0.2, -0.15) is 0 Å². The van der Waals surface area contributed by atoms with Crippen LogP contribution in [0.15, 0.2) is 72.8 Å². The Morgan fingerprint density at radius 3 is 1.58 bits per heavy atom. The Morgan fingerprint density at radius 1 is 0.644 bits per heavy atom. The molecule has 0 aliphatic rings. The van der Waals surface area contributed by atoms with E-state index in [1.807, 2.05) is 48.5 Å². The maximum absolute atomic E-state index is 12.5. The lowest BCUT2D eigenvalue weighted by molar-refractivity contribution is 0.00692. The third-order valence-corrected chi connectivity index (χ3v) is 7.02. The molecule has 0 aromatic heterocycles. The van der Waals surface area contributed by atoms with Crippen molar-refractivity contribution >= 4 is 11.9 Å². The van der Waals surface area contributed by atoms with Crippen molar-refractivity contribution in [1.82, 2.24) is 0 Å². The molecule has 8 heteroatoms. The monoisotopic (exact) mass is 620 g/mol. The first-order chi connectivity index (χ1) is 20.9. The van der Waals surface area contributed by atoms with Crippen LogP contribution in [0.2, 0.25) is 0 Å². The summed E-state index contributed by atoms with van der Waals surface area (Å²) in [7, 11) is 0. The molecule has 2 atom stereocenters. The third kappa shape index (κ3) is 11.5. The van der Waals surface area contributed by atoms with Gasteiger partial charge in [0.2, 0.25) is 0 Å². The van der Waals surface area contributed by atoms with E-state index in [1.165, 1.54) is 12.1 Å². The van der Waals surface area contributed by atoms with Crippen molar-refractivity contribution in [1.29, 1.82) is 0 Å². The molecule has 244 valence electrons. The molecule has 0 saturated heterocycles. The minimum atomic E-state index is -1.05. The predicted octanol–water partition coefficient (Wildman–Crippen LogP) is 6.74. The fourth-order valence-electron chi connectivity index (χ4n) is 4.67. The van der Waals surface area contributed by atoms with E-state index in [9.17, 15) is 19.8 Å². The lowest BCUT2D eigenvalue weighted by atomic mass is 9.78. The van der Waals surface area contributed by atoms with Crippen LogP contribution < -0.4 is 9.47 Å². The summed E-state index contributed by atoms with van der Waals surface area (Å²) in [4.78, 5) is 24.8. The third-order valence-electron chi connectivity index (χ3n) is 7.02. The normalized spacial score (nSPS) is 13.5. The largest absolute Gasteiger partial charge is 0.491 e. The van der Waals surface area contributed by atoms with Crippen LogP contribution in [0.1, 0.15) is 93.7 Å². The van der Waals surface area contributed by atoms with E-state index in [4.69, 9.17) is 18.9 Å². The molecule has 0 fully saturated rings. The lowest BCUT2D eigenvalue weighted by Gasteiger charge is -2.27. The van der Waals surface area contributed by atoms with Crippen molar-refractivity contribution in [3.8, 4) is 11.5 Å². The smallest absolute Gasteiger partial charge is 0.338 e. The first-order valence-electron chi connectivity index (χ1n) is 15.3. The van der Waals surface area contributed by atoms with Gasteiger partial charge in [-0.15, -0.1) is 0 Å². The van der Waals surface area contributed by atoms with Crippen LogP contribution in [-0.4, -0.2) is 59.8 Å². The fraction of sp³-hybridized carbons (Fsp3) is 0.459. The SMILES string of the molecule is CC(C)(C)CC(O)COc1ccc(C(C)(C)c2ccc(OCC(O)COC(=O)c3cccc(C(=O)OC(C)(C)C)c3)cc2)cc1. The molecule has 8 nitrogen and oxygen atoms in total. The maximum Gasteiger partial charge on any atom is 0.338 e. The van der Waals surface area contributed by atoms with Crippen LogP contribution in [-0.2, 0) is 14.9 Å². The number of hydrogen-bond acceptors (Lipinski definition) is 8. The molecule has 0 bridgehead atoms. The van der Waals surface area contributed by atoms with Crippen molar-refractivity contribution < 1.29 is 38.7 Å². The first kappa shape index (κ1) is 35.6. The second-order valence-corrected chi connectivity index (χ2v) is 14.0. The Hall–Kier alpha value is -3.88. The van der Waals surface area contributed by atoms with Gasteiger partial charge in [0.05, 0.1) is 17.2 Å². The predicted molar refractivity (Wildman–Crippen MR) is 174 cm³/mol. The molecule has 0 heterocycles. The summed E-state index contributed by atoms with van der Waals surface area (Å²) >= 11 is 0. The molecule has 2 unspecified atom stereocenters. The van der Waals surface area contributed by atoms with Gasteiger partial charge in [0.15, 0.2) is 0 Å². The molecule has 0 saturated carbocycles. The van der Waals surface area contributed by atoms with Crippen LogP contribution in [0.5, 0.6) is 11.5 Å². The number of ether oxygens (including phenoxy) is 4. The molecule has 3 aromatic rings.